The van der Waals surface area contributed by atoms with Crippen molar-refractivity contribution in [2.24, 2.45) is 16.7 Å². The molecule has 0 bridgehead atoms. The first kappa shape index (κ1) is 10.2. The largest absolute Gasteiger partial charge is 0.433 e. The topological polar surface area (TPSA) is 40.0 Å². The Balaban J connectivity index is 1.92. The normalized spacial score (nSPS) is 42.7. The Bertz CT molecular complexity index is 755. The van der Waals surface area contributed by atoms with Crippen LogP contribution in [0.4, 0.5) is 0 Å². The van der Waals surface area contributed by atoms with Crippen LogP contribution in [0.3, 0.4) is 0 Å². The van der Waals surface area contributed by atoms with E-state index in [4.69, 9.17) is 5.11 Å². The summed E-state index contributed by atoms with van der Waals surface area (Å²) in [6, 6.07) is 5.86. The summed E-state index contributed by atoms with van der Waals surface area (Å²) in [6.07, 6.45) is 6.33. The average molecular weight is 251 g/mol. The van der Waals surface area contributed by atoms with Gasteiger partial charge in [0, 0.05) is 5.56 Å². The minimum atomic E-state index is -0.681. The van der Waals surface area contributed by atoms with Crippen molar-refractivity contribution in [3.8, 4) is 0 Å². The van der Waals surface area contributed by atoms with Crippen molar-refractivity contribution in [1.82, 2.24) is 0 Å². The molecule has 5 rings (SSSR count). The van der Waals surface area contributed by atoms with Crippen LogP contribution in [-0.4, -0.2) is 10.9 Å². The highest BCUT2D eigenvalue weighted by atomic mass is 16.3. The number of hydrogen-bond donors (Lipinski definition) is 0. The van der Waals surface area contributed by atoms with Crippen molar-refractivity contribution in [2.75, 3.05) is 0 Å². The van der Waals surface area contributed by atoms with Gasteiger partial charge in [0.1, 0.15) is 0 Å². The molecule has 1 spiro atoms. The molecule has 3 atom stereocenters. The smallest absolute Gasteiger partial charge is 0.229 e. The molecule has 0 heterocycles. The van der Waals surface area contributed by atoms with E-state index in [1.54, 1.807) is 0 Å². The van der Waals surface area contributed by atoms with E-state index in [0.717, 1.165) is 22.3 Å². The Morgan fingerprint density at radius 1 is 1.26 bits per heavy atom. The second-order valence-electron chi connectivity index (χ2n) is 6.57. The van der Waals surface area contributed by atoms with Gasteiger partial charge in [0.2, 0.25) is 5.60 Å². The molecule has 0 radical (unpaired) electrons. The van der Waals surface area contributed by atoms with Crippen LogP contribution in [-0.2, 0) is 5.60 Å². The quantitative estimate of drug-likeness (QED) is 0.706. The minimum absolute atomic E-state index is 0.221. The maximum Gasteiger partial charge on any atom is 0.229 e. The Labute approximate surface area is 111 Å². The summed E-state index contributed by atoms with van der Waals surface area (Å²) < 4.78 is 0. The van der Waals surface area contributed by atoms with E-state index >= 15 is 0 Å². The molecule has 4 aliphatic rings. The molecular weight excluding hydrogens is 236 g/mol. The predicted molar refractivity (Wildman–Crippen MR) is 72.1 cm³/mol. The zero-order valence-electron chi connectivity index (χ0n) is 10.9. The fraction of sp³-hybridized carbons (Fsp3) is 0.353. The van der Waals surface area contributed by atoms with Crippen LogP contribution in [0.25, 0.3) is 0 Å². The standard InChI is InChI=1S/C17H14O2/c1-9(2)16-7-6-10-8-15(10,16)14(18)11-4-3-5-12-13(11)17(12,16)19/h3-9,19H,1-2H3/p+1/t15-,16?,17?/m1/s1. The monoisotopic (exact) mass is 251 g/mol. The minimum Gasteiger partial charge on any atom is -0.433 e. The highest BCUT2D eigenvalue weighted by molar-refractivity contribution is 6.14. The highest BCUT2D eigenvalue weighted by Gasteiger charge is 2.85. The van der Waals surface area contributed by atoms with Crippen molar-refractivity contribution in [3.63, 3.8) is 0 Å². The van der Waals surface area contributed by atoms with Gasteiger partial charge in [-0.05, 0) is 17.6 Å². The molecule has 1 aromatic rings. The average Bonchev–Trinajstić information content (AvgIpc) is 3.23. The van der Waals surface area contributed by atoms with Crippen LogP contribution in [0.1, 0.15) is 35.3 Å². The van der Waals surface area contributed by atoms with Crippen LogP contribution in [0, 0.1) is 16.7 Å². The van der Waals surface area contributed by atoms with Gasteiger partial charge in [-0.2, -0.15) is 0 Å². The maximum atomic E-state index is 13.0. The molecule has 19 heavy (non-hydrogen) atoms. The van der Waals surface area contributed by atoms with Crippen molar-refractivity contribution < 1.29 is 9.90 Å². The summed E-state index contributed by atoms with van der Waals surface area (Å²) in [5.74, 6) is 0.487. The molecule has 0 saturated carbocycles. The van der Waals surface area contributed by atoms with E-state index in [0.29, 0.717) is 0 Å². The van der Waals surface area contributed by atoms with Gasteiger partial charge in [-0.25, -0.2) is 0 Å². The van der Waals surface area contributed by atoms with Gasteiger partial charge in [-0.3, -0.25) is 4.79 Å². The van der Waals surface area contributed by atoms with E-state index < -0.39 is 11.0 Å². The van der Waals surface area contributed by atoms with Crippen molar-refractivity contribution in [3.05, 3.63) is 58.7 Å². The second kappa shape index (κ2) is 2.36. The summed E-state index contributed by atoms with van der Waals surface area (Å²) in [5, 5.41) is 9.07. The second-order valence-corrected chi connectivity index (χ2v) is 6.57. The number of carbonyl (C=O) groups is 1. The zero-order chi connectivity index (χ0) is 13.2. The number of fused-ring (bicyclic) bond motifs is 2. The molecule has 0 aliphatic heterocycles. The van der Waals surface area contributed by atoms with Crippen LogP contribution in [0.2, 0.25) is 0 Å². The van der Waals surface area contributed by atoms with Crippen LogP contribution in [0.15, 0.2) is 42.0 Å². The van der Waals surface area contributed by atoms with Crippen LogP contribution in [0.5, 0.6) is 0 Å². The summed E-state index contributed by atoms with van der Waals surface area (Å²) in [5.41, 5.74) is 2.42. The Hall–Kier alpha value is -1.67. The summed E-state index contributed by atoms with van der Waals surface area (Å²) in [6.45, 7) is 4.29. The van der Waals surface area contributed by atoms with Crippen molar-refractivity contribution in [2.45, 2.75) is 19.4 Å². The lowest BCUT2D eigenvalue weighted by molar-refractivity contribution is -0.0507. The van der Waals surface area contributed by atoms with Gasteiger partial charge >= 0.3 is 0 Å². The van der Waals surface area contributed by atoms with Gasteiger partial charge in [-0.15, -0.1) is 0 Å². The molecule has 2 N–H and O–H groups in total. The number of allylic oxidation sites excluding steroid dienone is 3. The molecule has 0 amide bonds. The molecule has 94 valence electrons. The Kier molecular flexibility index (Phi) is 1.26. The summed E-state index contributed by atoms with van der Waals surface area (Å²) in [7, 11) is 0. The molecule has 2 nitrogen and oxygen atoms in total. The first-order chi connectivity index (χ1) is 9.02. The third-order valence-corrected chi connectivity index (χ3v) is 5.84. The SMILES string of the molecule is CC(C)C12C=CC3=C[C@]31C(=O)c1cccc3c1C32[OH2+]. The fourth-order valence-corrected chi connectivity index (χ4v) is 4.98. The Morgan fingerprint density at radius 3 is 2.74 bits per heavy atom. The highest BCUT2D eigenvalue weighted by Crippen LogP contribution is 2.80. The van der Waals surface area contributed by atoms with Gasteiger partial charge < -0.3 is 5.11 Å². The molecule has 0 fully saturated rings. The predicted octanol–water partition coefficient (Wildman–Crippen LogP) is 2.30. The van der Waals surface area contributed by atoms with Gasteiger partial charge in [0.05, 0.1) is 22.0 Å². The molecule has 0 aromatic heterocycles. The lowest BCUT2D eigenvalue weighted by Crippen LogP contribution is -2.52. The van der Waals surface area contributed by atoms with E-state index in [1.807, 2.05) is 18.2 Å². The molecule has 2 heteroatoms. The lowest BCUT2D eigenvalue weighted by atomic mass is 9.55. The Morgan fingerprint density at radius 2 is 2.05 bits per heavy atom. The first-order valence-electron chi connectivity index (χ1n) is 6.88. The van der Waals surface area contributed by atoms with Gasteiger partial charge in [0.25, 0.3) is 0 Å². The lowest BCUT2D eigenvalue weighted by Gasteiger charge is -2.44. The number of Topliss-reactive ketones (excluding diaryl/α,β-unsaturated/α-hetero) is 1. The first-order valence-corrected chi connectivity index (χ1v) is 6.88. The van der Waals surface area contributed by atoms with E-state index in [2.05, 4.69) is 32.1 Å². The molecule has 4 aliphatic carbocycles. The van der Waals surface area contributed by atoms with E-state index in [9.17, 15) is 4.79 Å². The number of benzene rings is 1. The fourth-order valence-electron chi connectivity index (χ4n) is 4.98. The molecule has 0 saturated heterocycles. The molecule has 1 aromatic carbocycles. The van der Waals surface area contributed by atoms with Crippen molar-refractivity contribution in [1.29, 1.82) is 0 Å². The van der Waals surface area contributed by atoms with E-state index in [-0.39, 0.29) is 17.1 Å². The van der Waals surface area contributed by atoms with Crippen LogP contribution >= 0.6 is 0 Å². The van der Waals surface area contributed by atoms with E-state index in [1.165, 1.54) is 0 Å². The van der Waals surface area contributed by atoms with Gasteiger partial charge in [-0.1, -0.05) is 44.2 Å². The van der Waals surface area contributed by atoms with Crippen molar-refractivity contribution >= 4 is 5.78 Å². The third-order valence-electron chi connectivity index (χ3n) is 5.84. The summed E-state index contributed by atoms with van der Waals surface area (Å²) in [4.78, 5) is 13.0. The molecule has 2 unspecified atom stereocenters. The van der Waals surface area contributed by atoms with Crippen LogP contribution < -0.4 is 0 Å². The maximum absolute atomic E-state index is 13.0. The number of ketones is 1. The summed E-state index contributed by atoms with van der Waals surface area (Å²) >= 11 is 0. The number of rotatable bonds is 1. The third kappa shape index (κ3) is 0.659. The number of carbonyl (C=O) groups excluding carboxylic acids is 1. The number of hydrogen-bond acceptors (Lipinski definition) is 1. The zero-order valence-corrected chi connectivity index (χ0v) is 10.9. The van der Waals surface area contributed by atoms with Gasteiger partial charge in [0.15, 0.2) is 5.78 Å². The molecular formula is C17H15O2+.